The minimum absolute atomic E-state index is 0.0265. The highest BCUT2D eigenvalue weighted by Gasteiger charge is 2.11. The zero-order valence-electron chi connectivity index (χ0n) is 9.66. The lowest BCUT2D eigenvalue weighted by atomic mass is 10.2. The maximum Gasteiger partial charge on any atom is 0.157 e. The summed E-state index contributed by atoms with van der Waals surface area (Å²) in [5.41, 5.74) is 1.09. The van der Waals surface area contributed by atoms with Crippen LogP contribution in [-0.4, -0.2) is 24.1 Å². The third-order valence-electron chi connectivity index (χ3n) is 2.23. The van der Waals surface area contributed by atoms with Crippen LogP contribution in [0.5, 0.6) is 0 Å². The van der Waals surface area contributed by atoms with Gasteiger partial charge in [0.1, 0.15) is 6.10 Å². The third-order valence-corrected chi connectivity index (χ3v) is 2.23. The summed E-state index contributed by atoms with van der Waals surface area (Å²) in [6, 6.07) is 0. The lowest BCUT2D eigenvalue weighted by molar-refractivity contribution is 0.0875. The molecule has 0 radical (unpaired) electrons. The summed E-state index contributed by atoms with van der Waals surface area (Å²) in [6.07, 6.45) is 5.75. The minimum atomic E-state index is 0.0265. The molecule has 84 valence electrons. The first kappa shape index (κ1) is 12.1. The van der Waals surface area contributed by atoms with E-state index in [0.29, 0.717) is 0 Å². The molecule has 1 aromatic rings. The van der Waals surface area contributed by atoms with Crippen LogP contribution in [-0.2, 0) is 11.3 Å². The highest BCUT2D eigenvalue weighted by atomic mass is 16.5. The Hall–Kier alpha value is -1.00. The molecule has 0 aliphatic heterocycles. The van der Waals surface area contributed by atoms with Gasteiger partial charge in [-0.2, -0.15) is 0 Å². The first-order chi connectivity index (χ1) is 7.31. The van der Waals surface area contributed by atoms with Crippen LogP contribution in [0, 0.1) is 0 Å². The first-order valence-corrected chi connectivity index (χ1v) is 5.30. The van der Waals surface area contributed by atoms with Gasteiger partial charge in [-0.05, 0) is 13.5 Å². The van der Waals surface area contributed by atoms with Crippen LogP contribution >= 0.6 is 0 Å². The second kappa shape index (κ2) is 6.48. The topological polar surface area (TPSA) is 47.0 Å². The van der Waals surface area contributed by atoms with Crippen molar-refractivity contribution in [1.82, 2.24) is 15.3 Å². The molecule has 0 aliphatic carbocycles. The smallest absolute Gasteiger partial charge is 0.157 e. The highest BCUT2D eigenvalue weighted by Crippen LogP contribution is 2.17. The van der Waals surface area contributed by atoms with Crippen LogP contribution in [0.2, 0.25) is 0 Å². The van der Waals surface area contributed by atoms with Gasteiger partial charge < -0.3 is 10.1 Å². The fraction of sp³-hybridized carbons (Fsp3) is 0.636. The lowest BCUT2D eigenvalue weighted by Gasteiger charge is -2.12. The van der Waals surface area contributed by atoms with Gasteiger partial charge in [-0.25, -0.2) is 9.97 Å². The van der Waals surface area contributed by atoms with Crippen molar-refractivity contribution in [3.05, 3.63) is 23.8 Å². The Morgan fingerprint density at radius 2 is 2.07 bits per heavy atom. The molecule has 1 aromatic heterocycles. The maximum atomic E-state index is 5.34. The number of nitrogens with zero attached hydrogens (tertiary/aromatic N) is 2. The molecule has 1 unspecified atom stereocenters. The summed E-state index contributed by atoms with van der Waals surface area (Å²) >= 11 is 0. The van der Waals surface area contributed by atoms with E-state index in [1.165, 1.54) is 0 Å². The number of rotatable bonds is 6. The summed E-state index contributed by atoms with van der Waals surface area (Å²) < 4.78 is 5.34. The van der Waals surface area contributed by atoms with E-state index in [9.17, 15) is 0 Å². The Bertz CT molecular complexity index is 274. The Kier molecular flexibility index (Phi) is 5.21. The van der Waals surface area contributed by atoms with Gasteiger partial charge in [0.2, 0.25) is 0 Å². The molecule has 15 heavy (non-hydrogen) atoms. The SMILES string of the molecule is CCCC(OC)c1ncc(CNC)cn1. The molecule has 0 amide bonds. The summed E-state index contributed by atoms with van der Waals surface area (Å²) in [4.78, 5) is 8.62. The van der Waals surface area contributed by atoms with E-state index in [1.807, 2.05) is 19.4 Å². The van der Waals surface area contributed by atoms with E-state index < -0.39 is 0 Å². The molecular formula is C11H19N3O. The monoisotopic (exact) mass is 209 g/mol. The highest BCUT2D eigenvalue weighted by molar-refractivity contribution is 5.06. The molecule has 1 N–H and O–H groups in total. The number of methoxy groups -OCH3 is 1. The molecule has 1 atom stereocenters. The zero-order valence-corrected chi connectivity index (χ0v) is 9.66. The van der Waals surface area contributed by atoms with Gasteiger partial charge in [0.05, 0.1) is 0 Å². The molecular weight excluding hydrogens is 190 g/mol. The van der Waals surface area contributed by atoms with Crippen molar-refractivity contribution in [3.63, 3.8) is 0 Å². The molecule has 0 spiro atoms. The van der Waals surface area contributed by atoms with Crippen LogP contribution in [0.25, 0.3) is 0 Å². The first-order valence-electron chi connectivity index (χ1n) is 5.30. The second-order valence-electron chi connectivity index (χ2n) is 3.49. The van der Waals surface area contributed by atoms with E-state index in [1.54, 1.807) is 7.11 Å². The van der Waals surface area contributed by atoms with Crippen LogP contribution in [0.3, 0.4) is 0 Å². The van der Waals surface area contributed by atoms with Gasteiger partial charge in [0.15, 0.2) is 5.82 Å². The quantitative estimate of drug-likeness (QED) is 0.774. The Morgan fingerprint density at radius 1 is 1.40 bits per heavy atom. The van der Waals surface area contributed by atoms with E-state index >= 15 is 0 Å². The lowest BCUT2D eigenvalue weighted by Crippen LogP contribution is -2.09. The van der Waals surface area contributed by atoms with E-state index in [4.69, 9.17) is 4.74 Å². The van der Waals surface area contributed by atoms with Gasteiger partial charge in [0.25, 0.3) is 0 Å². The second-order valence-corrected chi connectivity index (χ2v) is 3.49. The van der Waals surface area contributed by atoms with Crippen molar-refractivity contribution in [3.8, 4) is 0 Å². The average molecular weight is 209 g/mol. The fourth-order valence-corrected chi connectivity index (χ4v) is 1.44. The molecule has 0 fully saturated rings. The normalized spacial score (nSPS) is 12.7. The molecule has 0 aliphatic rings. The molecule has 0 saturated heterocycles. The van der Waals surface area contributed by atoms with Crippen LogP contribution in [0.15, 0.2) is 12.4 Å². The number of aromatic nitrogens is 2. The standard InChI is InChI=1S/C11H19N3O/c1-4-5-10(15-3)11-13-7-9(6-12-2)8-14-11/h7-8,10,12H,4-6H2,1-3H3. The van der Waals surface area contributed by atoms with Crippen LogP contribution in [0.1, 0.15) is 37.3 Å². The van der Waals surface area contributed by atoms with Crippen molar-refractivity contribution >= 4 is 0 Å². The van der Waals surface area contributed by atoms with Gasteiger partial charge in [-0.15, -0.1) is 0 Å². The number of hydrogen-bond donors (Lipinski definition) is 1. The summed E-state index contributed by atoms with van der Waals surface area (Å²) in [5, 5.41) is 3.06. The zero-order chi connectivity index (χ0) is 11.1. The van der Waals surface area contributed by atoms with Crippen molar-refractivity contribution in [1.29, 1.82) is 0 Å². The molecule has 0 saturated carbocycles. The maximum absolute atomic E-state index is 5.34. The van der Waals surface area contributed by atoms with Crippen LogP contribution in [0.4, 0.5) is 0 Å². The molecule has 4 heteroatoms. The van der Waals surface area contributed by atoms with Gasteiger partial charge >= 0.3 is 0 Å². The summed E-state index contributed by atoms with van der Waals surface area (Å²) in [5.74, 6) is 0.777. The molecule has 0 bridgehead atoms. The predicted octanol–water partition coefficient (Wildman–Crippen LogP) is 1.68. The fourth-order valence-electron chi connectivity index (χ4n) is 1.44. The van der Waals surface area contributed by atoms with E-state index in [-0.39, 0.29) is 6.10 Å². The average Bonchev–Trinajstić information content (AvgIpc) is 2.28. The number of ether oxygens (including phenoxy) is 1. The number of nitrogens with one attached hydrogen (secondary N) is 1. The number of hydrogen-bond acceptors (Lipinski definition) is 4. The molecule has 0 aromatic carbocycles. The van der Waals surface area contributed by atoms with Gasteiger partial charge in [0, 0.05) is 31.6 Å². The van der Waals surface area contributed by atoms with Crippen molar-refractivity contribution < 1.29 is 4.74 Å². The molecule has 1 heterocycles. The Balaban J connectivity index is 2.68. The van der Waals surface area contributed by atoms with Crippen molar-refractivity contribution in [2.45, 2.75) is 32.4 Å². The largest absolute Gasteiger partial charge is 0.373 e. The van der Waals surface area contributed by atoms with Crippen molar-refractivity contribution in [2.24, 2.45) is 0 Å². The molecule has 4 nitrogen and oxygen atoms in total. The minimum Gasteiger partial charge on any atom is -0.373 e. The summed E-state index contributed by atoms with van der Waals surface area (Å²) in [6.45, 7) is 2.92. The Labute approximate surface area is 91.1 Å². The van der Waals surface area contributed by atoms with Gasteiger partial charge in [-0.1, -0.05) is 13.3 Å². The Morgan fingerprint density at radius 3 is 2.53 bits per heavy atom. The third kappa shape index (κ3) is 3.57. The van der Waals surface area contributed by atoms with Gasteiger partial charge in [-0.3, -0.25) is 0 Å². The van der Waals surface area contributed by atoms with Crippen LogP contribution < -0.4 is 5.32 Å². The predicted molar refractivity (Wildman–Crippen MR) is 59.5 cm³/mol. The van der Waals surface area contributed by atoms with Crippen molar-refractivity contribution in [2.75, 3.05) is 14.2 Å². The van der Waals surface area contributed by atoms with E-state index in [0.717, 1.165) is 30.8 Å². The molecule has 1 rings (SSSR count). The summed E-state index contributed by atoms with van der Waals surface area (Å²) in [7, 11) is 3.61. The van der Waals surface area contributed by atoms with E-state index in [2.05, 4.69) is 22.2 Å².